The van der Waals surface area contributed by atoms with E-state index < -0.39 is 11.7 Å². The molecule has 0 bridgehead atoms. The summed E-state index contributed by atoms with van der Waals surface area (Å²) < 4.78 is 5.22. The molecule has 0 saturated heterocycles. The van der Waals surface area contributed by atoms with Gasteiger partial charge in [-0.25, -0.2) is 9.78 Å². The number of alkyl carbamates (subject to hydrolysis) is 1. The van der Waals surface area contributed by atoms with Crippen molar-refractivity contribution in [2.45, 2.75) is 39.3 Å². The van der Waals surface area contributed by atoms with E-state index in [-0.39, 0.29) is 0 Å². The highest BCUT2D eigenvalue weighted by Crippen LogP contribution is 2.21. The number of guanidine groups is 1. The van der Waals surface area contributed by atoms with Gasteiger partial charge >= 0.3 is 6.09 Å². The first kappa shape index (κ1) is 23.3. The molecule has 164 valence electrons. The fraction of sp³-hybridized carbons (Fsp3) is 0.500. The molecule has 30 heavy (non-hydrogen) atoms. The van der Waals surface area contributed by atoms with Crippen molar-refractivity contribution < 1.29 is 9.53 Å². The number of para-hydroxylation sites is 1. The molecule has 0 unspecified atom stereocenters. The van der Waals surface area contributed by atoms with Crippen molar-refractivity contribution >= 4 is 28.8 Å². The van der Waals surface area contributed by atoms with E-state index in [4.69, 9.17) is 9.72 Å². The molecule has 8 heteroatoms. The van der Waals surface area contributed by atoms with Crippen molar-refractivity contribution in [1.29, 1.82) is 0 Å². The molecule has 0 aliphatic heterocycles. The van der Waals surface area contributed by atoms with Gasteiger partial charge in [0.25, 0.3) is 0 Å². The Morgan fingerprint density at radius 3 is 2.50 bits per heavy atom. The van der Waals surface area contributed by atoms with Crippen molar-refractivity contribution in [2.24, 2.45) is 4.99 Å². The quantitative estimate of drug-likeness (QED) is 0.367. The number of benzene rings is 1. The predicted octanol–water partition coefficient (Wildman–Crippen LogP) is 2.88. The summed E-state index contributed by atoms with van der Waals surface area (Å²) >= 11 is 0. The molecule has 1 aromatic heterocycles. The first-order chi connectivity index (χ1) is 14.2. The predicted molar refractivity (Wildman–Crippen MR) is 123 cm³/mol. The molecule has 1 aromatic carbocycles. The summed E-state index contributed by atoms with van der Waals surface area (Å²) in [7, 11) is 5.71. The molecule has 0 spiro atoms. The van der Waals surface area contributed by atoms with Gasteiger partial charge < -0.3 is 25.6 Å². The van der Waals surface area contributed by atoms with E-state index >= 15 is 0 Å². The minimum Gasteiger partial charge on any atom is -0.444 e. The van der Waals surface area contributed by atoms with Crippen molar-refractivity contribution in [3.05, 3.63) is 35.9 Å². The van der Waals surface area contributed by atoms with Crippen molar-refractivity contribution in [2.75, 3.05) is 39.1 Å². The molecule has 0 fully saturated rings. The summed E-state index contributed by atoms with van der Waals surface area (Å²) in [5.41, 5.74) is 1.63. The minimum atomic E-state index is -0.488. The number of hydrogen-bond acceptors (Lipinski definition) is 5. The standard InChI is InChI=1S/C22H34N6O2/c1-22(2,3)30-21(29)25-13-9-12-24-20(23-4)26-15-16-14-19(28(5)6)27-18-11-8-7-10-17(16)18/h7-8,10-11,14H,9,12-13,15H2,1-6H3,(H,25,29)(H2,23,24,26). The van der Waals surface area contributed by atoms with Gasteiger partial charge in [0.1, 0.15) is 11.4 Å². The topological polar surface area (TPSA) is 90.9 Å². The monoisotopic (exact) mass is 414 g/mol. The van der Waals surface area contributed by atoms with E-state index in [0.717, 1.165) is 28.7 Å². The highest BCUT2D eigenvalue weighted by atomic mass is 16.6. The first-order valence-electron chi connectivity index (χ1n) is 10.2. The van der Waals surface area contributed by atoms with Crippen molar-refractivity contribution in [1.82, 2.24) is 20.9 Å². The van der Waals surface area contributed by atoms with E-state index in [1.807, 2.05) is 58.0 Å². The van der Waals surface area contributed by atoms with Crippen LogP contribution >= 0.6 is 0 Å². The number of nitrogens with zero attached hydrogens (tertiary/aromatic N) is 3. The van der Waals surface area contributed by atoms with E-state index in [0.29, 0.717) is 25.6 Å². The zero-order chi connectivity index (χ0) is 22.1. The van der Waals surface area contributed by atoms with E-state index in [1.54, 1.807) is 7.05 Å². The Balaban J connectivity index is 1.85. The number of fused-ring (bicyclic) bond motifs is 1. The second-order valence-corrected chi connectivity index (χ2v) is 8.19. The van der Waals surface area contributed by atoms with Crippen LogP contribution in [0.1, 0.15) is 32.8 Å². The molecule has 0 atom stereocenters. The van der Waals surface area contributed by atoms with Crippen LogP contribution in [0.3, 0.4) is 0 Å². The number of pyridine rings is 1. The number of aliphatic imine (C=N–C) groups is 1. The van der Waals surface area contributed by atoms with Crippen LogP contribution in [-0.2, 0) is 11.3 Å². The third-order valence-corrected chi connectivity index (χ3v) is 4.23. The molecular weight excluding hydrogens is 380 g/mol. The van der Waals surface area contributed by atoms with Crippen molar-refractivity contribution in [3.63, 3.8) is 0 Å². The Morgan fingerprint density at radius 1 is 1.13 bits per heavy atom. The highest BCUT2D eigenvalue weighted by molar-refractivity contribution is 5.85. The van der Waals surface area contributed by atoms with Crippen LogP contribution in [0, 0.1) is 0 Å². The summed E-state index contributed by atoms with van der Waals surface area (Å²) in [5, 5.41) is 10.5. The minimum absolute atomic E-state index is 0.397. The van der Waals surface area contributed by atoms with Crippen LogP contribution in [0.2, 0.25) is 0 Å². The number of rotatable bonds is 7. The lowest BCUT2D eigenvalue weighted by Crippen LogP contribution is -2.39. The lowest BCUT2D eigenvalue weighted by molar-refractivity contribution is 0.0527. The van der Waals surface area contributed by atoms with Gasteiger partial charge in [0.15, 0.2) is 5.96 Å². The van der Waals surface area contributed by atoms with Crippen LogP contribution in [0.15, 0.2) is 35.3 Å². The molecule has 0 saturated carbocycles. The van der Waals surface area contributed by atoms with Crippen LogP contribution in [0.25, 0.3) is 10.9 Å². The van der Waals surface area contributed by atoms with Gasteiger partial charge in [-0.2, -0.15) is 0 Å². The number of aromatic nitrogens is 1. The normalized spacial score (nSPS) is 11.9. The molecule has 1 heterocycles. The number of anilines is 1. The number of carbonyl (C=O) groups is 1. The average Bonchev–Trinajstić information content (AvgIpc) is 2.68. The third-order valence-electron chi connectivity index (χ3n) is 4.23. The fourth-order valence-electron chi connectivity index (χ4n) is 2.81. The Morgan fingerprint density at radius 2 is 1.83 bits per heavy atom. The van der Waals surface area contributed by atoms with E-state index in [2.05, 4.69) is 33.1 Å². The van der Waals surface area contributed by atoms with E-state index in [1.165, 1.54) is 0 Å². The second-order valence-electron chi connectivity index (χ2n) is 8.19. The molecule has 3 N–H and O–H groups in total. The van der Waals surface area contributed by atoms with Gasteiger partial charge in [0, 0.05) is 46.2 Å². The molecule has 0 radical (unpaired) electrons. The molecule has 0 aliphatic rings. The lowest BCUT2D eigenvalue weighted by atomic mass is 10.1. The summed E-state index contributed by atoms with van der Waals surface area (Å²) in [4.78, 5) is 22.6. The zero-order valence-electron chi connectivity index (χ0n) is 18.9. The smallest absolute Gasteiger partial charge is 0.407 e. The maximum Gasteiger partial charge on any atom is 0.407 e. The van der Waals surface area contributed by atoms with Gasteiger partial charge in [-0.05, 0) is 44.9 Å². The molecule has 2 rings (SSSR count). The molecular formula is C22H34N6O2. The number of nitrogens with one attached hydrogen (secondary N) is 3. The van der Waals surface area contributed by atoms with Gasteiger partial charge in [0.05, 0.1) is 5.52 Å². The Kier molecular flexibility index (Phi) is 8.26. The zero-order valence-corrected chi connectivity index (χ0v) is 18.9. The molecule has 2 aromatic rings. The molecule has 0 aliphatic carbocycles. The number of amides is 1. The molecule has 1 amide bonds. The van der Waals surface area contributed by atoms with Gasteiger partial charge in [-0.3, -0.25) is 4.99 Å². The van der Waals surface area contributed by atoms with Crippen molar-refractivity contribution in [3.8, 4) is 0 Å². The fourth-order valence-corrected chi connectivity index (χ4v) is 2.81. The summed E-state index contributed by atoms with van der Waals surface area (Å²) in [5.74, 6) is 1.63. The number of hydrogen-bond donors (Lipinski definition) is 3. The summed E-state index contributed by atoms with van der Waals surface area (Å²) in [6.45, 7) is 7.36. The Labute approximate surface area is 179 Å². The van der Waals surface area contributed by atoms with Gasteiger partial charge in [-0.15, -0.1) is 0 Å². The third kappa shape index (κ3) is 7.42. The average molecular weight is 415 g/mol. The largest absolute Gasteiger partial charge is 0.444 e. The maximum atomic E-state index is 11.7. The van der Waals surface area contributed by atoms with Gasteiger partial charge in [0.2, 0.25) is 0 Å². The Bertz CT molecular complexity index is 874. The Hall–Kier alpha value is -3.03. The summed E-state index contributed by atoms with van der Waals surface area (Å²) in [6.07, 6.45) is 0.356. The molecule has 8 nitrogen and oxygen atoms in total. The van der Waals surface area contributed by atoms with Crippen LogP contribution < -0.4 is 20.9 Å². The summed E-state index contributed by atoms with van der Waals surface area (Å²) in [6, 6.07) is 10.2. The van der Waals surface area contributed by atoms with Crippen LogP contribution in [0.5, 0.6) is 0 Å². The number of ether oxygens (including phenoxy) is 1. The highest BCUT2D eigenvalue weighted by Gasteiger charge is 2.15. The maximum absolute atomic E-state index is 11.7. The second kappa shape index (κ2) is 10.7. The number of carbonyl (C=O) groups excluding carboxylic acids is 1. The lowest BCUT2D eigenvalue weighted by Gasteiger charge is -2.19. The van der Waals surface area contributed by atoms with E-state index in [9.17, 15) is 4.79 Å². The van der Waals surface area contributed by atoms with Crippen LogP contribution in [-0.4, -0.2) is 56.9 Å². The van der Waals surface area contributed by atoms with Crippen LogP contribution in [0.4, 0.5) is 10.6 Å². The first-order valence-corrected chi connectivity index (χ1v) is 10.2. The van der Waals surface area contributed by atoms with Gasteiger partial charge in [-0.1, -0.05) is 18.2 Å². The SMILES string of the molecule is CN=C(NCCCNC(=O)OC(C)(C)C)NCc1cc(N(C)C)nc2ccccc12.